The number of hydrogen-bond acceptors (Lipinski definition) is 4. The van der Waals surface area contributed by atoms with Crippen LogP contribution in [0.2, 0.25) is 0 Å². The highest BCUT2D eigenvalue weighted by molar-refractivity contribution is 5.94. The smallest absolute Gasteiger partial charge is 0.251 e. The van der Waals surface area contributed by atoms with Crippen molar-refractivity contribution in [3.63, 3.8) is 0 Å². The molecule has 2 rings (SSSR count). The van der Waals surface area contributed by atoms with E-state index < -0.39 is 0 Å². The standard InChI is InChI=1S/C20H34N4O.2ClH/c1-15(2)13-18(14-21)22-20(25)17-5-7-19(8-6-17)24-11-9-23(10-12-24)16(3)4;;/h5-8,15-16,18H,9-14,21H2,1-4H3,(H,22,25);2*1H. The van der Waals surface area contributed by atoms with Crippen LogP contribution in [-0.4, -0.2) is 55.6 Å². The molecule has 1 atom stereocenters. The van der Waals surface area contributed by atoms with Crippen LogP contribution in [0.5, 0.6) is 0 Å². The van der Waals surface area contributed by atoms with E-state index in [1.54, 1.807) is 0 Å². The zero-order valence-corrected chi connectivity index (χ0v) is 18.6. The van der Waals surface area contributed by atoms with Crippen LogP contribution in [0, 0.1) is 5.92 Å². The van der Waals surface area contributed by atoms with E-state index in [4.69, 9.17) is 5.73 Å². The van der Waals surface area contributed by atoms with E-state index in [1.165, 1.54) is 5.69 Å². The van der Waals surface area contributed by atoms with Crippen LogP contribution in [0.3, 0.4) is 0 Å². The van der Waals surface area contributed by atoms with Crippen LogP contribution in [0.15, 0.2) is 24.3 Å². The van der Waals surface area contributed by atoms with Crippen LogP contribution in [0.1, 0.15) is 44.5 Å². The first kappa shape index (κ1) is 26.0. The van der Waals surface area contributed by atoms with E-state index in [0.717, 1.165) is 32.6 Å². The Kier molecular flexibility index (Phi) is 12.0. The first-order valence-corrected chi connectivity index (χ1v) is 9.50. The Bertz CT molecular complexity index is 543. The van der Waals surface area contributed by atoms with Gasteiger partial charge in [-0.3, -0.25) is 9.69 Å². The van der Waals surface area contributed by atoms with E-state index >= 15 is 0 Å². The number of piperazine rings is 1. The third-order valence-corrected chi connectivity index (χ3v) is 4.91. The third-order valence-electron chi connectivity index (χ3n) is 4.91. The molecule has 1 saturated heterocycles. The molecule has 0 saturated carbocycles. The molecule has 1 amide bonds. The molecule has 1 aromatic carbocycles. The van der Waals surface area contributed by atoms with Crippen LogP contribution >= 0.6 is 24.8 Å². The van der Waals surface area contributed by atoms with E-state index in [0.29, 0.717) is 24.1 Å². The highest BCUT2D eigenvalue weighted by Gasteiger charge is 2.19. The molecule has 1 fully saturated rings. The van der Waals surface area contributed by atoms with Crippen molar-refractivity contribution in [3.05, 3.63) is 29.8 Å². The summed E-state index contributed by atoms with van der Waals surface area (Å²) in [4.78, 5) is 17.3. The monoisotopic (exact) mass is 418 g/mol. The normalized spacial score (nSPS) is 15.9. The molecule has 0 aromatic heterocycles. The topological polar surface area (TPSA) is 61.6 Å². The molecule has 27 heavy (non-hydrogen) atoms. The Balaban J connectivity index is 0.00000338. The lowest BCUT2D eigenvalue weighted by atomic mass is 10.0. The Morgan fingerprint density at radius 1 is 1.04 bits per heavy atom. The summed E-state index contributed by atoms with van der Waals surface area (Å²) in [5, 5.41) is 3.05. The largest absolute Gasteiger partial charge is 0.369 e. The maximum Gasteiger partial charge on any atom is 0.251 e. The average Bonchev–Trinajstić information content (AvgIpc) is 2.61. The van der Waals surface area contributed by atoms with Gasteiger partial charge in [-0.2, -0.15) is 0 Å². The number of benzene rings is 1. The summed E-state index contributed by atoms with van der Waals surface area (Å²) in [5.74, 6) is 0.480. The van der Waals surface area contributed by atoms with Crippen molar-refractivity contribution < 1.29 is 4.79 Å². The van der Waals surface area contributed by atoms with E-state index in [2.05, 4.69) is 54.9 Å². The summed E-state index contributed by atoms with van der Waals surface area (Å²) >= 11 is 0. The number of nitrogens with two attached hydrogens (primary N) is 1. The number of carbonyl (C=O) groups excluding carboxylic acids is 1. The lowest BCUT2D eigenvalue weighted by Gasteiger charge is -2.38. The molecule has 0 spiro atoms. The number of anilines is 1. The minimum atomic E-state index is -0.0349. The second kappa shape index (κ2) is 12.4. The molecule has 3 N–H and O–H groups in total. The first-order chi connectivity index (χ1) is 11.9. The van der Waals surface area contributed by atoms with Gasteiger partial charge in [-0.05, 0) is 50.5 Å². The fraction of sp³-hybridized carbons (Fsp3) is 0.650. The van der Waals surface area contributed by atoms with Crippen LogP contribution in [0.25, 0.3) is 0 Å². The molecule has 0 aliphatic carbocycles. The predicted molar refractivity (Wildman–Crippen MR) is 120 cm³/mol. The van der Waals surface area contributed by atoms with Gasteiger partial charge < -0.3 is 16.0 Å². The van der Waals surface area contributed by atoms with Crippen molar-refractivity contribution in [2.75, 3.05) is 37.6 Å². The lowest BCUT2D eigenvalue weighted by molar-refractivity contribution is 0.0934. The average molecular weight is 419 g/mol. The Morgan fingerprint density at radius 2 is 1.59 bits per heavy atom. The molecule has 0 bridgehead atoms. The number of nitrogens with one attached hydrogen (secondary N) is 1. The van der Waals surface area contributed by atoms with Gasteiger partial charge in [-0.15, -0.1) is 24.8 Å². The number of hydrogen-bond donors (Lipinski definition) is 2. The van der Waals surface area contributed by atoms with Gasteiger partial charge in [0.1, 0.15) is 0 Å². The molecule has 1 aliphatic heterocycles. The molecule has 7 heteroatoms. The fourth-order valence-corrected chi connectivity index (χ4v) is 3.37. The molecule has 1 unspecified atom stereocenters. The molecular weight excluding hydrogens is 383 g/mol. The predicted octanol–water partition coefficient (Wildman–Crippen LogP) is 3.16. The minimum Gasteiger partial charge on any atom is -0.369 e. The molecule has 1 aromatic rings. The summed E-state index contributed by atoms with van der Waals surface area (Å²) in [6.45, 7) is 13.5. The summed E-state index contributed by atoms with van der Waals surface area (Å²) in [7, 11) is 0. The van der Waals surface area contributed by atoms with Crippen LogP contribution in [-0.2, 0) is 0 Å². The highest BCUT2D eigenvalue weighted by Crippen LogP contribution is 2.18. The van der Waals surface area contributed by atoms with Gasteiger partial charge in [0.15, 0.2) is 0 Å². The second-order valence-electron chi connectivity index (χ2n) is 7.70. The molecule has 156 valence electrons. The molecule has 0 radical (unpaired) electrons. The van der Waals surface area contributed by atoms with Crippen molar-refractivity contribution in [3.8, 4) is 0 Å². The summed E-state index contributed by atoms with van der Waals surface area (Å²) in [5.41, 5.74) is 7.67. The van der Waals surface area contributed by atoms with Crippen molar-refractivity contribution in [2.24, 2.45) is 11.7 Å². The van der Waals surface area contributed by atoms with Gasteiger partial charge in [0.2, 0.25) is 0 Å². The molecule has 5 nitrogen and oxygen atoms in total. The van der Waals surface area contributed by atoms with Gasteiger partial charge >= 0.3 is 0 Å². The van der Waals surface area contributed by atoms with E-state index in [-0.39, 0.29) is 36.8 Å². The zero-order valence-electron chi connectivity index (χ0n) is 17.0. The Hall–Kier alpha value is -1.01. The molecule has 1 aliphatic rings. The van der Waals surface area contributed by atoms with Gasteiger partial charge in [0.25, 0.3) is 5.91 Å². The number of halogens is 2. The van der Waals surface area contributed by atoms with Gasteiger partial charge in [-0.1, -0.05) is 13.8 Å². The second-order valence-corrected chi connectivity index (χ2v) is 7.70. The van der Waals surface area contributed by atoms with E-state index in [1.807, 2.05) is 12.1 Å². The van der Waals surface area contributed by atoms with Crippen molar-refractivity contribution in [1.82, 2.24) is 10.2 Å². The van der Waals surface area contributed by atoms with Crippen LogP contribution in [0.4, 0.5) is 5.69 Å². The zero-order chi connectivity index (χ0) is 18.4. The maximum absolute atomic E-state index is 12.4. The summed E-state index contributed by atoms with van der Waals surface area (Å²) < 4.78 is 0. The van der Waals surface area contributed by atoms with E-state index in [9.17, 15) is 4.79 Å². The van der Waals surface area contributed by atoms with Crippen molar-refractivity contribution in [2.45, 2.75) is 46.2 Å². The lowest BCUT2D eigenvalue weighted by Crippen LogP contribution is -2.48. The number of nitrogens with zero attached hydrogens (tertiary/aromatic N) is 2. The quantitative estimate of drug-likeness (QED) is 0.713. The first-order valence-electron chi connectivity index (χ1n) is 9.50. The van der Waals surface area contributed by atoms with Gasteiger partial charge in [0.05, 0.1) is 0 Å². The SMILES string of the molecule is CC(C)CC(CN)NC(=O)c1ccc(N2CCN(C(C)C)CC2)cc1.Cl.Cl. The summed E-state index contributed by atoms with van der Waals surface area (Å²) in [6, 6.07) is 8.59. The fourth-order valence-electron chi connectivity index (χ4n) is 3.37. The number of rotatable bonds is 7. The summed E-state index contributed by atoms with van der Waals surface area (Å²) in [6.07, 6.45) is 0.903. The molecular formula is C20H36Cl2N4O. The highest BCUT2D eigenvalue weighted by atomic mass is 35.5. The van der Waals surface area contributed by atoms with Crippen molar-refractivity contribution >= 4 is 36.4 Å². The Labute approximate surface area is 176 Å². The van der Waals surface area contributed by atoms with Crippen molar-refractivity contribution in [1.29, 1.82) is 0 Å². The maximum atomic E-state index is 12.4. The van der Waals surface area contributed by atoms with Crippen LogP contribution < -0.4 is 16.0 Å². The number of amides is 1. The Morgan fingerprint density at radius 3 is 2.04 bits per heavy atom. The van der Waals surface area contributed by atoms with Gasteiger partial charge in [-0.25, -0.2) is 0 Å². The minimum absolute atomic E-state index is 0. The third kappa shape index (κ3) is 7.86. The molecule has 1 heterocycles. The number of carbonyl (C=O) groups is 1. The van der Waals surface area contributed by atoms with Gasteiger partial charge in [0, 0.05) is 56.1 Å².